The van der Waals surface area contributed by atoms with E-state index in [2.05, 4.69) is 14.4 Å². The van der Waals surface area contributed by atoms with E-state index in [1.165, 1.54) is 16.8 Å². The molecule has 4 heterocycles. The number of benzene rings is 1. The maximum absolute atomic E-state index is 14.1. The van der Waals surface area contributed by atoms with E-state index in [-0.39, 0.29) is 48.4 Å². The molecule has 2 saturated heterocycles. The van der Waals surface area contributed by atoms with E-state index >= 15 is 0 Å². The van der Waals surface area contributed by atoms with Crippen molar-refractivity contribution in [3.8, 4) is 5.75 Å². The fraction of sp³-hybridized carbons (Fsp3) is 0.423. The van der Waals surface area contributed by atoms with Crippen LogP contribution in [0, 0.1) is 11.6 Å². The van der Waals surface area contributed by atoms with Gasteiger partial charge < -0.3 is 28.8 Å². The van der Waals surface area contributed by atoms with Crippen LogP contribution in [0.25, 0.3) is 0 Å². The number of rotatable bonds is 9. The first-order chi connectivity index (χ1) is 19.1. The van der Waals surface area contributed by atoms with Crippen LogP contribution >= 0.6 is 0 Å². The molecule has 0 unspecified atom stereocenters. The van der Waals surface area contributed by atoms with Crippen LogP contribution in [0.2, 0.25) is 0 Å². The highest BCUT2D eigenvalue weighted by atomic mass is 19.1. The minimum Gasteiger partial charge on any atom is -0.479 e. The number of hydrogen-bond acceptors (Lipinski definition) is 9. The number of fused-ring (bicyclic) bond motifs is 4. The van der Waals surface area contributed by atoms with Crippen LogP contribution in [0.4, 0.5) is 13.6 Å². The van der Waals surface area contributed by atoms with Crippen LogP contribution in [0.15, 0.2) is 29.2 Å². The standard InChI is InChI=1S/C26H25F2N3O9/c27-15-5-3-14(18(28)8-15)4-6-19(32)17-10-29-11-20-30-7-1-2-16(30)9-31(20)25(36)22(29)24(23(17)35)39-13-40-26(37)38-12-21(33)34/h3,5,8,10,16,20H,1-2,4,6-7,9,11-13H2,(H,33,34)/t16-,20+/m1/s1. The lowest BCUT2D eigenvalue weighted by Crippen LogP contribution is -2.50. The SMILES string of the molecule is O=C(O)COC(=O)OCOc1c2n(cc(C(=O)CCc3ccc(F)cc3F)c1=O)C[C@@H]1N(C[C@H]3CCCN31)C2=O. The summed E-state index contributed by atoms with van der Waals surface area (Å²) < 4.78 is 43.2. The summed E-state index contributed by atoms with van der Waals surface area (Å²) in [5, 5.41) is 8.60. The summed E-state index contributed by atoms with van der Waals surface area (Å²) in [6.07, 6.45) is 1.16. The van der Waals surface area contributed by atoms with Gasteiger partial charge in [0.05, 0.1) is 12.1 Å². The number of aliphatic carboxylic acids is 1. The zero-order valence-electron chi connectivity index (χ0n) is 21.1. The topological polar surface area (TPSA) is 145 Å². The second-order valence-electron chi connectivity index (χ2n) is 9.67. The second-order valence-corrected chi connectivity index (χ2v) is 9.67. The van der Waals surface area contributed by atoms with E-state index in [1.807, 2.05) is 0 Å². The Morgan fingerprint density at radius 3 is 2.65 bits per heavy atom. The number of aryl methyl sites for hydroxylation is 1. The maximum atomic E-state index is 14.1. The lowest BCUT2D eigenvalue weighted by atomic mass is 10.0. The molecule has 1 aromatic heterocycles. The van der Waals surface area contributed by atoms with Crippen molar-refractivity contribution in [2.75, 3.05) is 26.5 Å². The number of amides is 1. The molecule has 2 aromatic rings. The van der Waals surface area contributed by atoms with Crippen molar-refractivity contribution in [3.05, 3.63) is 63.1 Å². The minimum atomic E-state index is -1.41. The summed E-state index contributed by atoms with van der Waals surface area (Å²) in [5.41, 5.74) is -1.27. The molecule has 0 aliphatic carbocycles. The van der Waals surface area contributed by atoms with Crippen LogP contribution in [0.5, 0.6) is 5.75 Å². The number of carboxylic acids is 1. The van der Waals surface area contributed by atoms with Crippen molar-refractivity contribution in [3.63, 3.8) is 0 Å². The molecule has 3 aliphatic rings. The molecule has 40 heavy (non-hydrogen) atoms. The van der Waals surface area contributed by atoms with Crippen LogP contribution in [-0.2, 0) is 27.2 Å². The lowest BCUT2D eigenvalue weighted by molar-refractivity contribution is -0.141. The monoisotopic (exact) mass is 561 g/mol. The molecule has 0 radical (unpaired) electrons. The van der Waals surface area contributed by atoms with Crippen LogP contribution in [-0.4, -0.2) is 82.0 Å². The van der Waals surface area contributed by atoms with Gasteiger partial charge >= 0.3 is 12.1 Å². The van der Waals surface area contributed by atoms with Crippen LogP contribution in [0.3, 0.4) is 0 Å². The third-order valence-electron chi connectivity index (χ3n) is 7.26. The first kappa shape index (κ1) is 27.2. The molecule has 12 nitrogen and oxygen atoms in total. The van der Waals surface area contributed by atoms with Crippen molar-refractivity contribution in [2.45, 2.75) is 44.4 Å². The number of ether oxygens (including phenoxy) is 3. The van der Waals surface area contributed by atoms with Gasteiger partial charge in [-0.25, -0.2) is 18.4 Å². The molecule has 0 saturated carbocycles. The molecule has 2 fully saturated rings. The summed E-state index contributed by atoms with van der Waals surface area (Å²) >= 11 is 0. The van der Waals surface area contributed by atoms with Gasteiger partial charge in [-0.2, -0.15) is 0 Å². The van der Waals surface area contributed by atoms with Gasteiger partial charge in [-0.05, 0) is 30.9 Å². The zero-order chi connectivity index (χ0) is 28.6. The highest BCUT2D eigenvalue weighted by Crippen LogP contribution is 2.35. The van der Waals surface area contributed by atoms with E-state index in [0.29, 0.717) is 12.6 Å². The number of ketones is 1. The van der Waals surface area contributed by atoms with Gasteiger partial charge in [0.2, 0.25) is 18.0 Å². The molecule has 1 amide bonds. The Morgan fingerprint density at radius 1 is 1.10 bits per heavy atom. The Hall–Kier alpha value is -4.33. The van der Waals surface area contributed by atoms with Gasteiger partial charge in [0, 0.05) is 37.8 Å². The molecule has 1 N–H and O–H groups in total. The van der Waals surface area contributed by atoms with Crippen molar-refractivity contribution < 1.29 is 47.3 Å². The Kier molecular flexibility index (Phi) is 7.52. The molecular weight excluding hydrogens is 536 g/mol. The van der Waals surface area contributed by atoms with E-state index < -0.39 is 60.0 Å². The Bertz CT molecular complexity index is 1440. The third kappa shape index (κ3) is 5.26. The van der Waals surface area contributed by atoms with E-state index in [0.717, 1.165) is 25.5 Å². The summed E-state index contributed by atoms with van der Waals surface area (Å²) in [6.45, 7) is -0.326. The summed E-state index contributed by atoms with van der Waals surface area (Å²) in [5.74, 6) is -4.65. The highest BCUT2D eigenvalue weighted by molar-refractivity contribution is 6.00. The number of carboxylic acid groups (broad SMARTS) is 1. The fourth-order valence-corrected chi connectivity index (χ4v) is 5.45. The predicted molar refractivity (Wildman–Crippen MR) is 130 cm³/mol. The van der Waals surface area contributed by atoms with Gasteiger partial charge in [-0.1, -0.05) is 6.07 Å². The number of nitrogens with zero attached hydrogens (tertiary/aromatic N) is 3. The average molecular weight is 561 g/mol. The quantitative estimate of drug-likeness (QED) is 0.273. The predicted octanol–water partition coefficient (Wildman–Crippen LogP) is 1.78. The van der Waals surface area contributed by atoms with Crippen LogP contribution < -0.4 is 10.2 Å². The fourth-order valence-electron chi connectivity index (χ4n) is 5.45. The molecule has 0 bridgehead atoms. The summed E-state index contributed by atoms with van der Waals surface area (Å²) in [4.78, 5) is 66.1. The number of carbonyl (C=O) groups is 4. The first-order valence-corrected chi connectivity index (χ1v) is 12.6. The smallest absolute Gasteiger partial charge is 0.479 e. The molecule has 212 valence electrons. The average Bonchev–Trinajstić information content (AvgIpc) is 3.50. The number of pyridine rings is 1. The van der Waals surface area contributed by atoms with Crippen molar-refractivity contribution in [1.29, 1.82) is 0 Å². The molecule has 3 aliphatic heterocycles. The Labute approximate surface area is 225 Å². The molecule has 2 atom stereocenters. The zero-order valence-corrected chi connectivity index (χ0v) is 21.1. The number of halogens is 2. The number of hydrogen-bond donors (Lipinski definition) is 1. The largest absolute Gasteiger partial charge is 0.511 e. The molecular formula is C26H25F2N3O9. The number of carbonyl (C=O) groups excluding carboxylic acids is 3. The van der Waals surface area contributed by atoms with Gasteiger partial charge in [0.15, 0.2) is 18.1 Å². The minimum absolute atomic E-state index is 0.0920. The molecule has 0 spiro atoms. The Balaban J connectivity index is 1.42. The van der Waals surface area contributed by atoms with Crippen LogP contribution in [0.1, 0.15) is 45.7 Å². The number of Topliss-reactive ketones (excluding diaryl/α,β-unsaturated/α-hetero) is 1. The lowest BCUT2D eigenvalue weighted by Gasteiger charge is -2.36. The summed E-state index contributed by atoms with van der Waals surface area (Å²) in [6, 6.07) is 3.16. The van der Waals surface area contributed by atoms with E-state index in [1.54, 1.807) is 4.90 Å². The van der Waals surface area contributed by atoms with Crippen molar-refractivity contribution in [2.24, 2.45) is 0 Å². The van der Waals surface area contributed by atoms with Crippen molar-refractivity contribution >= 4 is 23.8 Å². The van der Waals surface area contributed by atoms with Gasteiger partial charge in [0.1, 0.15) is 17.8 Å². The van der Waals surface area contributed by atoms with Crippen molar-refractivity contribution in [1.82, 2.24) is 14.4 Å². The second kappa shape index (κ2) is 11.0. The molecule has 1 aromatic carbocycles. The van der Waals surface area contributed by atoms with Gasteiger partial charge in [-0.15, -0.1) is 0 Å². The molecule has 5 rings (SSSR count). The maximum Gasteiger partial charge on any atom is 0.511 e. The van der Waals surface area contributed by atoms with Gasteiger partial charge in [-0.3, -0.25) is 19.3 Å². The third-order valence-corrected chi connectivity index (χ3v) is 7.26. The number of aromatic nitrogens is 1. The van der Waals surface area contributed by atoms with E-state index in [9.17, 15) is 32.8 Å². The normalized spacial score (nSPS) is 19.6. The summed E-state index contributed by atoms with van der Waals surface area (Å²) in [7, 11) is 0. The first-order valence-electron chi connectivity index (χ1n) is 12.6. The van der Waals surface area contributed by atoms with E-state index in [4.69, 9.17) is 9.84 Å². The molecule has 14 heteroatoms. The Morgan fingerprint density at radius 2 is 1.90 bits per heavy atom. The highest BCUT2D eigenvalue weighted by Gasteiger charge is 2.48. The van der Waals surface area contributed by atoms with Gasteiger partial charge in [0.25, 0.3) is 5.91 Å².